The van der Waals surface area contributed by atoms with Crippen LogP contribution in [0, 0.1) is 0 Å². The second kappa shape index (κ2) is 7.21. The smallest absolute Gasteiger partial charge is 0.211 e. The van der Waals surface area contributed by atoms with Crippen LogP contribution in [0.2, 0.25) is 0 Å². The Morgan fingerprint density at radius 2 is 2.19 bits per heavy atom. The Labute approximate surface area is 97.2 Å². The molecule has 1 aliphatic rings. The molecule has 0 aliphatic carbocycles. The Kier molecular flexibility index (Phi) is 6.26. The second-order valence-electron chi connectivity index (χ2n) is 4.07. The number of sulfonamides is 1. The fourth-order valence-corrected chi connectivity index (χ4v) is 2.82. The van der Waals surface area contributed by atoms with Gasteiger partial charge in [-0.1, -0.05) is 0 Å². The van der Waals surface area contributed by atoms with Gasteiger partial charge in [0.2, 0.25) is 10.0 Å². The number of nitrogens with one attached hydrogen (secondary N) is 1. The van der Waals surface area contributed by atoms with E-state index in [0.717, 1.165) is 25.9 Å². The third-order valence-corrected chi connectivity index (χ3v) is 4.10. The van der Waals surface area contributed by atoms with E-state index in [-0.39, 0.29) is 24.9 Å². The van der Waals surface area contributed by atoms with Crippen LogP contribution in [0.25, 0.3) is 0 Å². The lowest BCUT2D eigenvalue weighted by Gasteiger charge is -2.22. The van der Waals surface area contributed by atoms with Gasteiger partial charge in [-0.05, 0) is 32.1 Å². The van der Waals surface area contributed by atoms with Crippen molar-refractivity contribution >= 4 is 10.0 Å². The maximum atomic E-state index is 11.4. The molecule has 16 heavy (non-hydrogen) atoms. The minimum Gasteiger partial charge on any atom is -0.396 e. The predicted molar refractivity (Wildman–Crippen MR) is 61.7 cm³/mol. The fourth-order valence-electron chi connectivity index (χ4n) is 1.74. The highest BCUT2D eigenvalue weighted by Crippen LogP contribution is 2.14. The van der Waals surface area contributed by atoms with Gasteiger partial charge in [0.15, 0.2) is 0 Å². The van der Waals surface area contributed by atoms with Crippen LogP contribution in [0.5, 0.6) is 0 Å². The average Bonchev–Trinajstić information content (AvgIpc) is 2.28. The van der Waals surface area contributed by atoms with E-state index in [9.17, 15) is 8.42 Å². The van der Waals surface area contributed by atoms with Crippen molar-refractivity contribution in [1.29, 1.82) is 0 Å². The molecule has 5 nitrogen and oxygen atoms in total. The minimum atomic E-state index is -3.21. The summed E-state index contributed by atoms with van der Waals surface area (Å²) in [5, 5.41) is 8.55. The first-order valence-corrected chi connectivity index (χ1v) is 7.49. The molecule has 1 atom stereocenters. The Hall–Kier alpha value is -0.170. The van der Waals surface area contributed by atoms with Crippen molar-refractivity contribution < 1.29 is 18.3 Å². The lowest BCUT2D eigenvalue weighted by atomic mass is 10.1. The molecule has 6 heteroatoms. The molecule has 96 valence electrons. The van der Waals surface area contributed by atoms with Gasteiger partial charge in [0, 0.05) is 19.8 Å². The van der Waals surface area contributed by atoms with Crippen molar-refractivity contribution in [2.45, 2.75) is 38.2 Å². The van der Waals surface area contributed by atoms with E-state index in [1.165, 1.54) is 6.42 Å². The number of rotatable bonds is 7. The van der Waals surface area contributed by atoms with Crippen LogP contribution in [0.1, 0.15) is 32.1 Å². The summed E-state index contributed by atoms with van der Waals surface area (Å²) in [5.74, 6) is -0.00494. The first-order valence-electron chi connectivity index (χ1n) is 5.84. The number of aliphatic hydroxyl groups excluding tert-OH is 1. The third-order valence-electron chi connectivity index (χ3n) is 2.63. The van der Waals surface area contributed by atoms with Crippen LogP contribution in [0.4, 0.5) is 0 Å². The molecule has 0 aromatic heterocycles. The van der Waals surface area contributed by atoms with Crippen molar-refractivity contribution in [2.75, 3.05) is 25.5 Å². The summed E-state index contributed by atoms with van der Waals surface area (Å²) in [4.78, 5) is 0. The first-order chi connectivity index (χ1) is 7.64. The van der Waals surface area contributed by atoms with E-state index in [1.54, 1.807) is 0 Å². The van der Waals surface area contributed by atoms with Crippen LogP contribution >= 0.6 is 0 Å². The standard InChI is InChI=1S/C10H21NO4S/c12-7-3-9-16(13,14)11-6-5-10-4-1-2-8-15-10/h10-12H,1-9H2. The van der Waals surface area contributed by atoms with Gasteiger partial charge in [-0.25, -0.2) is 13.1 Å². The highest BCUT2D eigenvalue weighted by atomic mass is 32.2. The van der Waals surface area contributed by atoms with Crippen LogP contribution < -0.4 is 4.72 Å². The Bertz CT molecular complexity index is 273. The van der Waals surface area contributed by atoms with Crippen LogP contribution in [0.15, 0.2) is 0 Å². The van der Waals surface area contributed by atoms with Gasteiger partial charge in [-0.2, -0.15) is 0 Å². The Balaban J connectivity index is 2.13. The molecule has 1 aliphatic heterocycles. The zero-order valence-corrected chi connectivity index (χ0v) is 10.3. The van der Waals surface area contributed by atoms with Crippen molar-refractivity contribution in [3.05, 3.63) is 0 Å². The lowest BCUT2D eigenvalue weighted by Crippen LogP contribution is -2.31. The normalized spacial score (nSPS) is 22.2. The van der Waals surface area contributed by atoms with Crippen LogP contribution in [-0.2, 0) is 14.8 Å². The van der Waals surface area contributed by atoms with E-state index in [4.69, 9.17) is 9.84 Å². The van der Waals surface area contributed by atoms with Crippen molar-refractivity contribution in [3.8, 4) is 0 Å². The maximum absolute atomic E-state index is 11.4. The monoisotopic (exact) mass is 251 g/mol. The fraction of sp³-hybridized carbons (Fsp3) is 1.00. The predicted octanol–water partition coefficient (Wildman–Crippen LogP) is 0.247. The molecule has 0 saturated carbocycles. The number of hydrogen-bond donors (Lipinski definition) is 2. The molecule has 0 aromatic rings. The van der Waals surface area contributed by atoms with Gasteiger partial charge in [0.05, 0.1) is 11.9 Å². The van der Waals surface area contributed by atoms with Gasteiger partial charge < -0.3 is 9.84 Å². The SMILES string of the molecule is O=S(=O)(CCCO)NCCC1CCCCO1. The number of aliphatic hydroxyl groups is 1. The van der Waals surface area contributed by atoms with E-state index in [2.05, 4.69) is 4.72 Å². The third kappa shape index (κ3) is 5.79. The van der Waals surface area contributed by atoms with Crippen molar-refractivity contribution in [2.24, 2.45) is 0 Å². The summed E-state index contributed by atoms with van der Waals surface area (Å²) in [6.07, 6.45) is 4.53. The molecule has 1 heterocycles. The summed E-state index contributed by atoms with van der Waals surface area (Å²) in [5.41, 5.74) is 0. The quantitative estimate of drug-likeness (QED) is 0.680. The van der Waals surface area contributed by atoms with E-state index in [0.29, 0.717) is 6.54 Å². The Morgan fingerprint density at radius 3 is 2.81 bits per heavy atom. The highest BCUT2D eigenvalue weighted by Gasteiger charge is 2.15. The van der Waals surface area contributed by atoms with E-state index < -0.39 is 10.0 Å². The topological polar surface area (TPSA) is 75.6 Å². The van der Waals surface area contributed by atoms with Gasteiger partial charge in [-0.3, -0.25) is 0 Å². The summed E-state index contributed by atoms with van der Waals surface area (Å²) in [6.45, 7) is 1.13. The van der Waals surface area contributed by atoms with Gasteiger partial charge >= 0.3 is 0 Å². The number of hydrogen-bond acceptors (Lipinski definition) is 4. The van der Waals surface area contributed by atoms with Crippen molar-refractivity contribution in [1.82, 2.24) is 4.72 Å². The maximum Gasteiger partial charge on any atom is 0.211 e. The minimum absolute atomic E-state index is 0.00494. The summed E-state index contributed by atoms with van der Waals surface area (Å²) in [6, 6.07) is 0. The summed E-state index contributed by atoms with van der Waals surface area (Å²) < 4.78 is 30.8. The second-order valence-corrected chi connectivity index (χ2v) is 5.99. The van der Waals surface area contributed by atoms with Gasteiger partial charge in [0.1, 0.15) is 0 Å². The molecule has 1 saturated heterocycles. The van der Waals surface area contributed by atoms with Crippen molar-refractivity contribution in [3.63, 3.8) is 0 Å². The molecule has 1 fully saturated rings. The molecule has 1 unspecified atom stereocenters. The van der Waals surface area contributed by atoms with Crippen LogP contribution in [0.3, 0.4) is 0 Å². The van der Waals surface area contributed by atoms with Gasteiger partial charge in [0.25, 0.3) is 0 Å². The average molecular weight is 251 g/mol. The molecule has 0 amide bonds. The molecular formula is C10H21NO4S. The molecule has 0 bridgehead atoms. The molecular weight excluding hydrogens is 230 g/mol. The highest BCUT2D eigenvalue weighted by molar-refractivity contribution is 7.89. The first kappa shape index (κ1) is 13.9. The molecule has 0 radical (unpaired) electrons. The molecule has 0 aromatic carbocycles. The summed E-state index contributed by atoms with van der Waals surface area (Å²) in [7, 11) is -3.21. The van der Waals surface area contributed by atoms with E-state index in [1.807, 2.05) is 0 Å². The largest absolute Gasteiger partial charge is 0.396 e. The number of ether oxygens (including phenoxy) is 1. The summed E-state index contributed by atoms with van der Waals surface area (Å²) >= 11 is 0. The Morgan fingerprint density at radius 1 is 1.38 bits per heavy atom. The zero-order chi connectivity index (χ0) is 11.9. The zero-order valence-electron chi connectivity index (χ0n) is 9.52. The van der Waals surface area contributed by atoms with Crippen LogP contribution in [-0.4, -0.2) is 45.1 Å². The van der Waals surface area contributed by atoms with Gasteiger partial charge in [-0.15, -0.1) is 0 Å². The van der Waals surface area contributed by atoms with E-state index >= 15 is 0 Å². The molecule has 2 N–H and O–H groups in total. The molecule has 0 spiro atoms. The molecule has 1 rings (SSSR count). The lowest BCUT2D eigenvalue weighted by molar-refractivity contribution is 0.0123.